The predicted octanol–water partition coefficient (Wildman–Crippen LogP) is 2.69. The Labute approximate surface area is 134 Å². The summed E-state index contributed by atoms with van der Waals surface area (Å²) in [7, 11) is 0. The van der Waals surface area contributed by atoms with Crippen LogP contribution in [0.25, 0.3) is 0 Å². The normalized spacial score (nSPS) is 22.0. The van der Waals surface area contributed by atoms with Gasteiger partial charge in [-0.05, 0) is 38.5 Å². The van der Waals surface area contributed by atoms with Crippen molar-refractivity contribution in [2.75, 3.05) is 18.5 Å². The highest BCUT2D eigenvalue weighted by Crippen LogP contribution is 2.33. The number of ether oxygens (including phenoxy) is 2. The molecule has 2 heterocycles. The van der Waals surface area contributed by atoms with Crippen molar-refractivity contribution in [3.63, 3.8) is 0 Å². The van der Waals surface area contributed by atoms with Crippen LogP contribution in [-0.4, -0.2) is 40.3 Å². The van der Waals surface area contributed by atoms with Crippen molar-refractivity contribution in [3.8, 4) is 5.88 Å². The number of nitrogens with zero attached hydrogens (tertiary/aromatic N) is 3. The molecule has 8 nitrogen and oxygen atoms in total. The number of aromatic nitrogens is 2. The molecule has 0 aromatic carbocycles. The van der Waals surface area contributed by atoms with E-state index >= 15 is 0 Å². The van der Waals surface area contributed by atoms with E-state index in [1.54, 1.807) is 0 Å². The second-order valence-corrected chi connectivity index (χ2v) is 6.03. The Bertz CT molecular complexity index is 542. The van der Waals surface area contributed by atoms with Gasteiger partial charge in [-0.3, -0.25) is 10.1 Å². The highest BCUT2D eigenvalue weighted by Gasteiger charge is 2.28. The van der Waals surface area contributed by atoms with Gasteiger partial charge in [0.15, 0.2) is 0 Å². The molecule has 1 saturated heterocycles. The first-order chi connectivity index (χ1) is 11.2. The molecule has 1 aromatic heterocycles. The molecule has 126 valence electrons. The zero-order chi connectivity index (χ0) is 16.1. The zero-order valence-electron chi connectivity index (χ0n) is 13.1. The van der Waals surface area contributed by atoms with E-state index in [2.05, 4.69) is 15.3 Å². The highest BCUT2D eigenvalue weighted by atomic mass is 16.6. The Morgan fingerprint density at radius 3 is 2.78 bits per heavy atom. The summed E-state index contributed by atoms with van der Waals surface area (Å²) in [6.45, 7) is 1.25. The zero-order valence-corrected chi connectivity index (χ0v) is 13.1. The standard InChI is InChI=1S/C15H22N4O4/c20-19(21)13-14(16-9-12-7-4-8-22-12)17-10-18-15(13)23-11-5-2-1-3-6-11/h10-12H,1-9H2,(H,16,17,18). The summed E-state index contributed by atoms with van der Waals surface area (Å²) in [5.41, 5.74) is -0.184. The minimum absolute atomic E-state index is 0.00312. The molecule has 1 aliphatic heterocycles. The number of hydrogen-bond donors (Lipinski definition) is 1. The first kappa shape index (κ1) is 15.9. The van der Waals surface area contributed by atoms with Gasteiger partial charge in [0.25, 0.3) is 5.88 Å². The largest absolute Gasteiger partial charge is 0.469 e. The molecule has 1 N–H and O–H groups in total. The monoisotopic (exact) mass is 322 g/mol. The molecule has 1 saturated carbocycles. The fourth-order valence-electron chi connectivity index (χ4n) is 3.10. The molecule has 1 unspecified atom stereocenters. The average Bonchev–Trinajstić information content (AvgIpc) is 3.07. The van der Waals surface area contributed by atoms with E-state index in [1.165, 1.54) is 12.7 Å². The lowest BCUT2D eigenvalue weighted by Crippen LogP contribution is -2.22. The van der Waals surface area contributed by atoms with Gasteiger partial charge in [-0.2, -0.15) is 4.98 Å². The minimum Gasteiger partial charge on any atom is -0.469 e. The second-order valence-electron chi connectivity index (χ2n) is 6.03. The lowest BCUT2D eigenvalue weighted by atomic mass is 9.98. The quantitative estimate of drug-likeness (QED) is 0.635. The third-order valence-electron chi connectivity index (χ3n) is 4.32. The van der Waals surface area contributed by atoms with Crippen LogP contribution in [-0.2, 0) is 4.74 Å². The molecule has 3 rings (SSSR count). The van der Waals surface area contributed by atoms with Crippen molar-refractivity contribution in [2.45, 2.75) is 57.2 Å². The number of nitrogens with one attached hydrogen (secondary N) is 1. The van der Waals surface area contributed by atoms with Gasteiger partial charge in [0.1, 0.15) is 12.4 Å². The molecule has 2 aliphatic rings. The van der Waals surface area contributed by atoms with Crippen LogP contribution in [0.4, 0.5) is 11.5 Å². The first-order valence-electron chi connectivity index (χ1n) is 8.25. The van der Waals surface area contributed by atoms with E-state index in [4.69, 9.17) is 9.47 Å². The lowest BCUT2D eigenvalue weighted by molar-refractivity contribution is -0.385. The smallest absolute Gasteiger partial charge is 0.372 e. The van der Waals surface area contributed by atoms with Gasteiger partial charge in [0, 0.05) is 13.2 Å². The summed E-state index contributed by atoms with van der Waals surface area (Å²) >= 11 is 0. The van der Waals surface area contributed by atoms with E-state index in [-0.39, 0.29) is 29.6 Å². The predicted molar refractivity (Wildman–Crippen MR) is 83.7 cm³/mol. The van der Waals surface area contributed by atoms with Crippen LogP contribution in [0, 0.1) is 10.1 Å². The van der Waals surface area contributed by atoms with Crippen LogP contribution in [0.2, 0.25) is 0 Å². The van der Waals surface area contributed by atoms with E-state index in [1.807, 2.05) is 0 Å². The van der Waals surface area contributed by atoms with E-state index in [0.29, 0.717) is 6.54 Å². The molecule has 8 heteroatoms. The van der Waals surface area contributed by atoms with Crippen molar-refractivity contribution >= 4 is 11.5 Å². The molecular weight excluding hydrogens is 300 g/mol. The molecule has 1 aliphatic carbocycles. The molecule has 0 radical (unpaired) electrons. The molecule has 0 bridgehead atoms. The Hall–Kier alpha value is -1.96. The van der Waals surface area contributed by atoms with E-state index in [9.17, 15) is 10.1 Å². The molecule has 0 amide bonds. The van der Waals surface area contributed by atoms with Crippen molar-refractivity contribution < 1.29 is 14.4 Å². The third kappa shape index (κ3) is 4.07. The summed E-state index contributed by atoms with van der Waals surface area (Å²) in [4.78, 5) is 19.0. The van der Waals surface area contributed by atoms with Gasteiger partial charge in [-0.15, -0.1) is 0 Å². The number of hydrogen-bond acceptors (Lipinski definition) is 7. The Kier molecular flexibility index (Phi) is 5.22. The molecule has 2 fully saturated rings. The third-order valence-corrected chi connectivity index (χ3v) is 4.32. The van der Waals surface area contributed by atoms with Crippen molar-refractivity contribution in [2.24, 2.45) is 0 Å². The maximum Gasteiger partial charge on any atom is 0.372 e. The maximum absolute atomic E-state index is 11.5. The fraction of sp³-hybridized carbons (Fsp3) is 0.733. The van der Waals surface area contributed by atoms with Gasteiger partial charge in [0.2, 0.25) is 5.82 Å². The van der Waals surface area contributed by atoms with Crippen LogP contribution >= 0.6 is 0 Å². The van der Waals surface area contributed by atoms with Gasteiger partial charge in [-0.25, -0.2) is 4.98 Å². The molecule has 23 heavy (non-hydrogen) atoms. The van der Waals surface area contributed by atoms with Crippen LogP contribution in [0.15, 0.2) is 6.33 Å². The summed E-state index contributed by atoms with van der Waals surface area (Å²) in [6, 6.07) is 0. The minimum atomic E-state index is -0.476. The summed E-state index contributed by atoms with van der Waals surface area (Å²) in [5, 5.41) is 14.5. The van der Waals surface area contributed by atoms with Crippen molar-refractivity contribution in [1.29, 1.82) is 0 Å². The number of rotatable bonds is 6. The average molecular weight is 322 g/mol. The van der Waals surface area contributed by atoms with Gasteiger partial charge >= 0.3 is 5.69 Å². The molecular formula is C15H22N4O4. The van der Waals surface area contributed by atoms with Gasteiger partial charge in [0.05, 0.1) is 11.0 Å². The van der Waals surface area contributed by atoms with Crippen LogP contribution in [0.1, 0.15) is 44.9 Å². The number of nitro groups is 1. The molecule has 1 aromatic rings. The van der Waals surface area contributed by atoms with Crippen LogP contribution in [0.3, 0.4) is 0 Å². The SMILES string of the molecule is O=[N+]([O-])c1c(NCC2CCCO2)ncnc1OC1CCCCC1. The summed E-state index contributed by atoms with van der Waals surface area (Å²) in [5.74, 6) is 0.262. The van der Waals surface area contributed by atoms with Gasteiger partial charge in [-0.1, -0.05) is 6.42 Å². The second kappa shape index (κ2) is 7.54. The van der Waals surface area contributed by atoms with E-state index in [0.717, 1.165) is 45.1 Å². The molecule has 0 spiro atoms. The Morgan fingerprint density at radius 1 is 1.26 bits per heavy atom. The first-order valence-corrected chi connectivity index (χ1v) is 8.25. The van der Waals surface area contributed by atoms with Crippen LogP contribution in [0.5, 0.6) is 5.88 Å². The fourth-order valence-corrected chi connectivity index (χ4v) is 3.10. The van der Waals surface area contributed by atoms with Crippen LogP contribution < -0.4 is 10.1 Å². The Balaban J connectivity index is 1.72. The lowest BCUT2D eigenvalue weighted by Gasteiger charge is -2.22. The topological polar surface area (TPSA) is 99.4 Å². The number of anilines is 1. The summed E-state index contributed by atoms with van der Waals surface area (Å²) < 4.78 is 11.3. The van der Waals surface area contributed by atoms with Gasteiger partial charge < -0.3 is 14.8 Å². The molecule has 1 atom stereocenters. The van der Waals surface area contributed by atoms with E-state index < -0.39 is 4.92 Å². The van der Waals surface area contributed by atoms with Crippen molar-refractivity contribution in [3.05, 3.63) is 16.4 Å². The summed E-state index contributed by atoms with van der Waals surface area (Å²) in [6.07, 6.45) is 8.57. The van der Waals surface area contributed by atoms with Crippen molar-refractivity contribution in [1.82, 2.24) is 9.97 Å². The Morgan fingerprint density at radius 2 is 2.09 bits per heavy atom. The maximum atomic E-state index is 11.5. The highest BCUT2D eigenvalue weighted by molar-refractivity contribution is 5.61.